The van der Waals surface area contributed by atoms with Crippen LogP contribution < -0.4 is 10.6 Å². The molecule has 0 spiro atoms. The van der Waals surface area contributed by atoms with Gasteiger partial charge in [-0.2, -0.15) is 0 Å². The van der Waals surface area contributed by atoms with Crippen molar-refractivity contribution in [2.75, 3.05) is 36.5 Å². The third-order valence-corrected chi connectivity index (χ3v) is 9.84. The second-order valence-electron chi connectivity index (χ2n) is 8.10. The van der Waals surface area contributed by atoms with Crippen LogP contribution in [0.25, 0.3) is 0 Å². The van der Waals surface area contributed by atoms with Crippen LogP contribution in [0.15, 0.2) is 29.2 Å². The zero-order valence-corrected chi connectivity index (χ0v) is 19.7. The quantitative estimate of drug-likeness (QED) is 0.601. The summed E-state index contributed by atoms with van der Waals surface area (Å²) in [7, 11) is -7.45. The molecule has 2 atom stereocenters. The number of amides is 2. The second kappa shape index (κ2) is 9.75. The number of hydrogen-bond donors (Lipinski definition) is 2. The number of sulfone groups is 2. The SMILES string of the molecule is CCOC(=O)N1CCC(N[C@H]2CS(=O)(=O)C[C@@H]2S(=O)(=O)c2ccc(NC(C)=O)cc2)CC1. The topological polar surface area (TPSA) is 139 Å². The summed E-state index contributed by atoms with van der Waals surface area (Å²) in [5, 5.41) is 4.69. The van der Waals surface area contributed by atoms with Crippen molar-refractivity contribution in [3.05, 3.63) is 24.3 Å². The summed E-state index contributed by atoms with van der Waals surface area (Å²) < 4.78 is 56.2. The van der Waals surface area contributed by atoms with Crippen LogP contribution in [0, 0.1) is 0 Å². The molecule has 3 rings (SSSR count). The number of carbonyl (C=O) groups excluding carboxylic acids is 2. The van der Waals surface area contributed by atoms with E-state index in [1.54, 1.807) is 11.8 Å². The van der Waals surface area contributed by atoms with Crippen molar-refractivity contribution in [3.63, 3.8) is 0 Å². The van der Waals surface area contributed by atoms with Crippen LogP contribution in [-0.2, 0) is 29.2 Å². The van der Waals surface area contributed by atoms with E-state index in [4.69, 9.17) is 4.74 Å². The van der Waals surface area contributed by atoms with E-state index in [0.717, 1.165) is 0 Å². The Hall–Kier alpha value is -2.18. The zero-order valence-electron chi connectivity index (χ0n) is 18.1. The maximum absolute atomic E-state index is 13.3. The fourth-order valence-electron chi connectivity index (χ4n) is 4.13. The van der Waals surface area contributed by atoms with E-state index in [1.807, 2.05) is 0 Å². The molecule has 178 valence electrons. The molecule has 12 heteroatoms. The summed E-state index contributed by atoms with van der Waals surface area (Å²) in [6.45, 7) is 4.29. The standard InChI is InChI=1S/C20H29N3O7S2/c1-3-30-20(25)23-10-8-16(9-11-23)22-18-12-31(26,27)13-19(18)32(28,29)17-6-4-15(5-7-17)21-14(2)24/h4-7,16,18-19,22H,3,8-13H2,1-2H3,(H,21,24)/t18-,19-/m0/s1. The minimum atomic E-state index is -3.93. The van der Waals surface area contributed by atoms with E-state index in [1.165, 1.54) is 31.2 Å². The molecule has 32 heavy (non-hydrogen) atoms. The molecule has 0 unspecified atom stereocenters. The molecule has 0 aliphatic carbocycles. The van der Waals surface area contributed by atoms with Crippen LogP contribution in [0.4, 0.5) is 10.5 Å². The van der Waals surface area contributed by atoms with E-state index < -0.39 is 36.7 Å². The van der Waals surface area contributed by atoms with Gasteiger partial charge in [-0.3, -0.25) is 4.79 Å². The number of anilines is 1. The molecule has 0 bridgehead atoms. The van der Waals surface area contributed by atoms with Crippen LogP contribution in [0.5, 0.6) is 0 Å². The van der Waals surface area contributed by atoms with Crippen LogP contribution in [-0.4, -0.2) is 82.3 Å². The average molecular weight is 488 g/mol. The molecule has 10 nitrogen and oxygen atoms in total. The third kappa shape index (κ3) is 5.78. The highest BCUT2D eigenvalue weighted by molar-refractivity contribution is 7.96. The molecule has 1 aromatic carbocycles. The summed E-state index contributed by atoms with van der Waals surface area (Å²) in [5.41, 5.74) is 0.457. The van der Waals surface area contributed by atoms with Crippen molar-refractivity contribution < 1.29 is 31.2 Å². The lowest BCUT2D eigenvalue weighted by Crippen LogP contribution is -2.52. The number of likely N-dealkylation sites (tertiary alicyclic amines) is 1. The lowest BCUT2D eigenvalue weighted by Gasteiger charge is -2.34. The van der Waals surface area contributed by atoms with Gasteiger partial charge in [-0.15, -0.1) is 0 Å². The minimum Gasteiger partial charge on any atom is -0.450 e. The highest BCUT2D eigenvalue weighted by atomic mass is 32.2. The number of piperidine rings is 1. The molecular formula is C20H29N3O7S2. The maximum Gasteiger partial charge on any atom is 0.409 e. The monoisotopic (exact) mass is 487 g/mol. The van der Waals surface area contributed by atoms with Crippen molar-refractivity contribution in [3.8, 4) is 0 Å². The predicted molar refractivity (Wildman–Crippen MR) is 119 cm³/mol. The van der Waals surface area contributed by atoms with Crippen LogP contribution in [0.1, 0.15) is 26.7 Å². The molecule has 2 saturated heterocycles. The van der Waals surface area contributed by atoms with Gasteiger partial charge < -0.3 is 20.3 Å². The molecule has 2 aliphatic heterocycles. The molecule has 0 aromatic heterocycles. The second-order valence-corrected chi connectivity index (χ2v) is 12.4. The van der Waals surface area contributed by atoms with Gasteiger partial charge in [0, 0.05) is 37.8 Å². The number of benzene rings is 1. The van der Waals surface area contributed by atoms with Crippen LogP contribution >= 0.6 is 0 Å². The number of ether oxygens (including phenoxy) is 1. The normalized spacial score (nSPS) is 23.6. The first-order valence-corrected chi connectivity index (χ1v) is 13.9. The Balaban J connectivity index is 1.71. The van der Waals surface area contributed by atoms with Gasteiger partial charge in [0.1, 0.15) is 0 Å². The summed E-state index contributed by atoms with van der Waals surface area (Å²) in [6.07, 6.45) is 0.777. The number of hydrogen-bond acceptors (Lipinski definition) is 8. The average Bonchev–Trinajstić information content (AvgIpc) is 3.03. The van der Waals surface area contributed by atoms with Crippen LogP contribution in [0.3, 0.4) is 0 Å². The highest BCUT2D eigenvalue weighted by Crippen LogP contribution is 2.28. The fraction of sp³-hybridized carbons (Fsp3) is 0.600. The molecule has 2 heterocycles. The number of nitrogens with zero attached hydrogens (tertiary/aromatic N) is 1. The smallest absolute Gasteiger partial charge is 0.409 e. The van der Waals surface area contributed by atoms with Gasteiger partial charge in [-0.25, -0.2) is 21.6 Å². The Bertz CT molecular complexity index is 1050. The molecular weight excluding hydrogens is 458 g/mol. The molecule has 0 radical (unpaired) electrons. The van der Waals surface area contributed by atoms with Gasteiger partial charge in [0.05, 0.1) is 28.3 Å². The number of rotatable bonds is 6. The Morgan fingerprint density at radius 3 is 2.31 bits per heavy atom. The summed E-state index contributed by atoms with van der Waals surface area (Å²) in [6, 6.07) is 4.87. The number of carbonyl (C=O) groups is 2. The first kappa shape index (κ1) is 24.5. The van der Waals surface area contributed by atoms with Gasteiger partial charge in [-0.05, 0) is 44.0 Å². The minimum absolute atomic E-state index is 0.0117. The van der Waals surface area contributed by atoms with Gasteiger partial charge >= 0.3 is 6.09 Å². The maximum atomic E-state index is 13.3. The fourth-order valence-corrected chi connectivity index (χ4v) is 8.81. The summed E-state index contributed by atoms with van der Waals surface area (Å²) in [4.78, 5) is 24.6. The molecule has 2 amide bonds. The lowest BCUT2D eigenvalue weighted by atomic mass is 10.0. The van der Waals surface area contributed by atoms with Crippen molar-refractivity contribution in [2.45, 2.75) is 48.9 Å². The van der Waals surface area contributed by atoms with E-state index in [9.17, 15) is 26.4 Å². The van der Waals surface area contributed by atoms with Gasteiger partial charge in [0.15, 0.2) is 19.7 Å². The van der Waals surface area contributed by atoms with Crippen molar-refractivity contribution in [1.29, 1.82) is 0 Å². The van der Waals surface area contributed by atoms with E-state index in [-0.39, 0.29) is 28.7 Å². The van der Waals surface area contributed by atoms with E-state index in [0.29, 0.717) is 38.2 Å². The van der Waals surface area contributed by atoms with Crippen molar-refractivity contribution >= 4 is 37.4 Å². The molecule has 2 fully saturated rings. The molecule has 2 N–H and O–H groups in total. The molecule has 1 aromatic rings. The van der Waals surface area contributed by atoms with Crippen molar-refractivity contribution in [1.82, 2.24) is 10.2 Å². The zero-order chi connectivity index (χ0) is 23.5. The summed E-state index contributed by atoms with van der Waals surface area (Å²) >= 11 is 0. The predicted octanol–water partition coefficient (Wildman–Crippen LogP) is 0.795. The first-order chi connectivity index (χ1) is 15.0. The molecule has 2 aliphatic rings. The molecule has 0 saturated carbocycles. The number of nitrogens with one attached hydrogen (secondary N) is 2. The highest BCUT2D eigenvalue weighted by Gasteiger charge is 2.46. The van der Waals surface area contributed by atoms with E-state index >= 15 is 0 Å². The van der Waals surface area contributed by atoms with Gasteiger partial charge in [0.2, 0.25) is 5.91 Å². The van der Waals surface area contributed by atoms with E-state index in [2.05, 4.69) is 10.6 Å². The van der Waals surface area contributed by atoms with Crippen molar-refractivity contribution in [2.24, 2.45) is 0 Å². The summed E-state index contributed by atoms with van der Waals surface area (Å²) in [5.74, 6) is -0.970. The largest absolute Gasteiger partial charge is 0.450 e. The Labute approximate surface area is 188 Å². The Morgan fingerprint density at radius 1 is 1.12 bits per heavy atom. The first-order valence-electron chi connectivity index (χ1n) is 10.5. The Kier molecular flexibility index (Phi) is 7.46. The third-order valence-electron chi connectivity index (χ3n) is 5.67. The van der Waals surface area contributed by atoms with Gasteiger partial charge in [-0.1, -0.05) is 0 Å². The van der Waals surface area contributed by atoms with Crippen LogP contribution in [0.2, 0.25) is 0 Å². The lowest BCUT2D eigenvalue weighted by molar-refractivity contribution is -0.114. The Morgan fingerprint density at radius 2 is 1.75 bits per heavy atom. The van der Waals surface area contributed by atoms with Gasteiger partial charge in [0.25, 0.3) is 0 Å².